The van der Waals surface area contributed by atoms with E-state index in [1.54, 1.807) is 12.1 Å². The number of aliphatic hydroxyl groups excluding tert-OH is 1. The first-order chi connectivity index (χ1) is 15.1. The number of phenols is 1. The number of ether oxygens (including phenoxy) is 1. The van der Waals surface area contributed by atoms with Crippen molar-refractivity contribution in [1.29, 1.82) is 0 Å². The van der Waals surface area contributed by atoms with Crippen molar-refractivity contribution >= 4 is 27.5 Å². The molecule has 0 aliphatic carbocycles. The Balaban J connectivity index is 2.11. The number of phenolic OH excluding ortho intramolecular Hbond substituents is 1. The molecule has 0 aromatic heterocycles. The van der Waals surface area contributed by atoms with Crippen LogP contribution < -0.4 is 0 Å². The van der Waals surface area contributed by atoms with Gasteiger partial charge in [0.2, 0.25) is 10.0 Å². The Morgan fingerprint density at radius 2 is 1.66 bits per heavy atom. The zero-order chi connectivity index (χ0) is 23.6. The number of benzene rings is 2. The van der Waals surface area contributed by atoms with Gasteiger partial charge in [0.05, 0.1) is 23.1 Å². The van der Waals surface area contributed by atoms with Crippen molar-refractivity contribution in [2.75, 3.05) is 34.4 Å². The number of carbonyl (C=O) groups excluding carboxylic acids is 2. The van der Waals surface area contributed by atoms with Gasteiger partial charge in [-0.05, 0) is 42.0 Å². The zero-order valence-corrected chi connectivity index (χ0v) is 18.7. The van der Waals surface area contributed by atoms with Gasteiger partial charge in [-0.1, -0.05) is 12.1 Å². The molecule has 1 aliphatic heterocycles. The first-order valence-corrected chi connectivity index (χ1v) is 11.1. The maximum Gasteiger partial charge on any atom is 0.295 e. The molecule has 0 saturated carbocycles. The van der Waals surface area contributed by atoms with Crippen LogP contribution in [0.25, 0.3) is 5.76 Å². The number of likely N-dealkylation sites (tertiary alicyclic amines) is 1. The first kappa shape index (κ1) is 23.5. The summed E-state index contributed by atoms with van der Waals surface area (Å²) >= 11 is 0. The number of sulfonamides is 1. The third-order valence-electron chi connectivity index (χ3n) is 5.19. The van der Waals surface area contributed by atoms with Crippen LogP contribution in [0.3, 0.4) is 0 Å². The molecular weight excluding hydrogens is 436 g/mol. The Labute approximate surface area is 186 Å². The number of methoxy groups -OCH3 is 1. The highest BCUT2D eigenvalue weighted by atomic mass is 32.2. The topological polar surface area (TPSA) is 124 Å². The van der Waals surface area contributed by atoms with Gasteiger partial charge in [0.1, 0.15) is 11.5 Å². The minimum absolute atomic E-state index is 0.0142. The molecule has 0 radical (unpaired) electrons. The number of carbonyl (C=O) groups is 2. The third kappa shape index (κ3) is 4.24. The van der Waals surface area contributed by atoms with E-state index in [2.05, 4.69) is 0 Å². The fourth-order valence-corrected chi connectivity index (χ4v) is 4.36. The highest BCUT2D eigenvalue weighted by Crippen LogP contribution is 2.39. The number of hydrogen-bond acceptors (Lipinski definition) is 7. The van der Waals surface area contributed by atoms with Crippen LogP contribution in [0.4, 0.5) is 0 Å². The van der Waals surface area contributed by atoms with E-state index in [1.165, 1.54) is 62.5 Å². The van der Waals surface area contributed by atoms with Gasteiger partial charge in [-0.15, -0.1) is 0 Å². The fraction of sp³-hybridized carbons (Fsp3) is 0.273. The van der Waals surface area contributed by atoms with Crippen molar-refractivity contribution in [1.82, 2.24) is 9.21 Å². The number of nitrogens with zero attached hydrogens (tertiary/aromatic N) is 2. The van der Waals surface area contributed by atoms with Crippen LogP contribution in [0.1, 0.15) is 17.2 Å². The van der Waals surface area contributed by atoms with Gasteiger partial charge in [0, 0.05) is 33.3 Å². The summed E-state index contributed by atoms with van der Waals surface area (Å²) in [5.74, 6) is -2.05. The molecule has 2 N–H and O–H groups in total. The van der Waals surface area contributed by atoms with Crippen molar-refractivity contribution in [3.8, 4) is 5.75 Å². The molecule has 1 aliphatic rings. The molecular formula is C22H24N2O7S. The number of hydrogen-bond donors (Lipinski definition) is 2. The summed E-state index contributed by atoms with van der Waals surface area (Å²) in [6.45, 7) is 0.294. The van der Waals surface area contributed by atoms with E-state index in [0.29, 0.717) is 5.56 Å². The lowest BCUT2D eigenvalue weighted by Crippen LogP contribution is -2.32. The minimum atomic E-state index is -3.67. The van der Waals surface area contributed by atoms with E-state index in [0.717, 1.165) is 4.31 Å². The Bertz CT molecular complexity index is 1150. The highest BCUT2D eigenvalue weighted by Gasteiger charge is 2.45. The number of aliphatic hydroxyl groups is 1. The number of amides is 1. The van der Waals surface area contributed by atoms with E-state index in [9.17, 15) is 28.2 Å². The third-order valence-corrected chi connectivity index (χ3v) is 7.02. The molecule has 2 aromatic rings. The second-order valence-electron chi connectivity index (χ2n) is 7.39. The predicted molar refractivity (Wildman–Crippen MR) is 116 cm³/mol. The Morgan fingerprint density at radius 1 is 1.06 bits per heavy atom. The van der Waals surface area contributed by atoms with Gasteiger partial charge in [-0.25, -0.2) is 12.7 Å². The normalized spacial score (nSPS) is 18.5. The van der Waals surface area contributed by atoms with Gasteiger partial charge in [-0.3, -0.25) is 9.59 Å². The van der Waals surface area contributed by atoms with Gasteiger partial charge in [0.15, 0.2) is 0 Å². The molecule has 1 saturated heterocycles. The molecule has 1 atom stereocenters. The molecule has 9 nitrogen and oxygen atoms in total. The van der Waals surface area contributed by atoms with Crippen LogP contribution in [0, 0.1) is 0 Å². The smallest absolute Gasteiger partial charge is 0.295 e. The van der Waals surface area contributed by atoms with Crippen molar-refractivity contribution in [3.05, 3.63) is 65.2 Å². The van der Waals surface area contributed by atoms with Gasteiger partial charge < -0.3 is 19.8 Å². The molecule has 1 fully saturated rings. The lowest BCUT2D eigenvalue weighted by atomic mass is 9.95. The maximum atomic E-state index is 12.9. The Kier molecular flexibility index (Phi) is 6.68. The standard InChI is InChI=1S/C22H24N2O7S/c1-23(2)32(29,30)17-10-6-15(7-11-17)20(26)18-19(14-4-8-16(25)9-5-14)24(12-13-31-3)22(28)21(18)27/h4-11,19,25-26H,12-13H2,1-3H3. The molecule has 3 rings (SSSR count). The van der Waals surface area contributed by atoms with Crippen LogP contribution in [0.2, 0.25) is 0 Å². The number of ketones is 1. The second-order valence-corrected chi connectivity index (χ2v) is 9.54. The van der Waals surface area contributed by atoms with Gasteiger partial charge in [0.25, 0.3) is 11.7 Å². The quantitative estimate of drug-likeness (QED) is 0.366. The molecule has 0 bridgehead atoms. The first-order valence-electron chi connectivity index (χ1n) is 9.68. The van der Waals surface area contributed by atoms with Crippen molar-refractivity contribution in [3.63, 3.8) is 0 Å². The average Bonchev–Trinajstić information content (AvgIpc) is 3.02. The molecule has 32 heavy (non-hydrogen) atoms. The summed E-state index contributed by atoms with van der Waals surface area (Å²) in [5.41, 5.74) is 0.586. The maximum absolute atomic E-state index is 12.9. The number of rotatable bonds is 7. The number of aromatic hydroxyl groups is 1. The van der Waals surface area contributed by atoms with Crippen LogP contribution in [-0.4, -0.2) is 73.9 Å². The fourth-order valence-electron chi connectivity index (χ4n) is 3.45. The Hall–Kier alpha value is -3.21. The molecule has 0 spiro atoms. The second kappa shape index (κ2) is 9.11. The lowest BCUT2D eigenvalue weighted by Gasteiger charge is -2.25. The monoisotopic (exact) mass is 460 g/mol. The van der Waals surface area contributed by atoms with Crippen molar-refractivity contribution in [2.45, 2.75) is 10.9 Å². The van der Waals surface area contributed by atoms with E-state index < -0.39 is 33.5 Å². The van der Waals surface area contributed by atoms with Gasteiger partial charge in [-0.2, -0.15) is 0 Å². The molecule has 1 amide bonds. The van der Waals surface area contributed by atoms with E-state index in [1.807, 2.05) is 0 Å². The van der Waals surface area contributed by atoms with Crippen LogP contribution in [0.15, 0.2) is 59.0 Å². The summed E-state index contributed by atoms with van der Waals surface area (Å²) in [4.78, 5) is 26.9. The molecule has 1 unspecified atom stereocenters. The largest absolute Gasteiger partial charge is 0.508 e. The SMILES string of the molecule is COCCN1C(=O)C(=O)C(=C(O)c2ccc(S(=O)(=O)N(C)C)cc2)C1c1ccc(O)cc1. The molecule has 10 heteroatoms. The van der Waals surface area contributed by atoms with Crippen molar-refractivity contribution in [2.24, 2.45) is 0 Å². The average molecular weight is 461 g/mol. The van der Waals surface area contributed by atoms with Gasteiger partial charge >= 0.3 is 0 Å². The van der Waals surface area contributed by atoms with E-state index >= 15 is 0 Å². The summed E-state index contributed by atoms with van der Waals surface area (Å²) < 4.78 is 30.7. The lowest BCUT2D eigenvalue weighted by molar-refractivity contribution is -0.140. The van der Waals surface area contributed by atoms with Crippen LogP contribution in [-0.2, 0) is 24.3 Å². The zero-order valence-electron chi connectivity index (χ0n) is 17.8. The number of Topliss-reactive ketones (excluding diaryl/α,β-unsaturated/α-hetero) is 1. The van der Waals surface area contributed by atoms with Crippen molar-refractivity contribution < 1.29 is 33.0 Å². The summed E-state index contributed by atoms with van der Waals surface area (Å²) in [5, 5.41) is 20.6. The minimum Gasteiger partial charge on any atom is -0.508 e. The summed E-state index contributed by atoms with van der Waals surface area (Å²) in [6.07, 6.45) is 0. The summed E-state index contributed by atoms with van der Waals surface area (Å²) in [6, 6.07) is 10.5. The molecule has 170 valence electrons. The van der Waals surface area contributed by atoms with Crippen LogP contribution >= 0.6 is 0 Å². The molecule has 2 aromatic carbocycles. The molecule has 1 heterocycles. The predicted octanol–water partition coefficient (Wildman–Crippen LogP) is 1.71. The summed E-state index contributed by atoms with van der Waals surface area (Å²) in [7, 11) is 0.612. The van der Waals surface area contributed by atoms with Crippen LogP contribution in [0.5, 0.6) is 5.75 Å². The highest BCUT2D eigenvalue weighted by molar-refractivity contribution is 7.89. The van der Waals surface area contributed by atoms with E-state index in [4.69, 9.17) is 4.74 Å². The Morgan fingerprint density at radius 3 is 2.19 bits per heavy atom. The van der Waals surface area contributed by atoms with E-state index in [-0.39, 0.29) is 34.9 Å².